The molecule has 0 amide bonds. The maximum absolute atomic E-state index is 13.5. The third-order valence-electron chi connectivity index (χ3n) is 8.81. The van der Waals surface area contributed by atoms with E-state index in [1.165, 1.54) is 34.8 Å². The van der Waals surface area contributed by atoms with Crippen molar-refractivity contribution in [3.8, 4) is 0 Å². The average molecular weight is 525 g/mol. The first-order chi connectivity index (χ1) is 18.7. The van der Waals surface area contributed by atoms with Gasteiger partial charge >= 0.3 is 0 Å². The van der Waals surface area contributed by atoms with E-state index in [1.807, 2.05) is 0 Å². The van der Waals surface area contributed by atoms with Gasteiger partial charge in [0.15, 0.2) is 5.78 Å². The van der Waals surface area contributed by atoms with Crippen LogP contribution in [0.5, 0.6) is 0 Å². The summed E-state index contributed by atoms with van der Waals surface area (Å²) in [4.78, 5) is 38.0. The largest absolute Gasteiger partial charge is 0.300 e. The second-order valence-corrected chi connectivity index (χ2v) is 11.9. The van der Waals surface area contributed by atoms with Gasteiger partial charge in [-0.15, -0.1) is 0 Å². The van der Waals surface area contributed by atoms with E-state index < -0.39 is 0 Å². The fourth-order valence-corrected chi connectivity index (χ4v) is 6.85. The predicted octanol–water partition coefficient (Wildman–Crippen LogP) is 8.39. The molecule has 2 aliphatic rings. The smallest absolute Gasteiger partial charge is 0.163 e. The summed E-state index contributed by atoms with van der Waals surface area (Å²) >= 11 is 0. The Balaban J connectivity index is 1.47. The van der Waals surface area contributed by atoms with Gasteiger partial charge in [-0.3, -0.25) is 14.4 Å². The molecule has 2 aromatic carbocycles. The number of carbonyl (C=O) groups is 3. The second-order valence-electron chi connectivity index (χ2n) is 11.9. The first-order valence-electron chi connectivity index (χ1n) is 14.8. The Kier molecular flexibility index (Phi) is 9.53. The molecule has 3 nitrogen and oxygen atoms in total. The van der Waals surface area contributed by atoms with Crippen LogP contribution in [0.25, 0.3) is 5.57 Å². The first kappa shape index (κ1) is 28.9. The van der Waals surface area contributed by atoms with Gasteiger partial charge in [0.05, 0.1) is 6.42 Å². The summed E-state index contributed by atoms with van der Waals surface area (Å²) in [5, 5.41) is 0. The van der Waals surface area contributed by atoms with Crippen molar-refractivity contribution in [3.05, 3.63) is 87.5 Å². The second kappa shape index (κ2) is 12.9. The normalized spacial score (nSPS) is 18.3. The molecule has 206 valence electrons. The number of hydrogen-bond acceptors (Lipinski definition) is 3. The number of benzene rings is 2. The van der Waals surface area contributed by atoms with E-state index in [9.17, 15) is 14.4 Å². The van der Waals surface area contributed by atoms with E-state index in [0.29, 0.717) is 6.42 Å². The molecule has 0 bridgehead atoms. The summed E-state index contributed by atoms with van der Waals surface area (Å²) in [5.41, 5.74) is 9.67. The Morgan fingerprint density at radius 3 is 2.41 bits per heavy atom. The molecule has 0 heterocycles. The number of rotatable bonds is 12. The molecule has 0 N–H and O–H groups in total. The SMILES string of the molecule is CCCC(CC1CC(=O)c2c(ccc(CC3=CC(c4ccc(C)cc4)=CC3)c2C)C1)C(CC)C(=O)CC(C)=O. The third-order valence-corrected chi connectivity index (χ3v) is 8.81. The lowest BCUT2D eigenvalue weighted by Gasteiger charge is -2.32. The minimum absolute atomic E-state index is 0.0333. The lowest BCUT2D eigenvalue weighted by Crippen LogP contribution is -2.30. The molecule has 4 rings (SSSR count). The average Bonchev–Trinajstić information content (AvgIpc) is 3.34. The summed E-state index contributed by atoms with van der Waals surface area (Å²) < 4.78 is 0. The molecule has 2 aromatic rings. The van der Waals surface area contributed by atoms with E-state index in [2.05, 4.69) is 76.2 Å². The van der Waals surface area contributed by atoms with Crippen LogP contribution in [0.4, 0.5) is 0 Å². The van der Waals surface area contributed by atoms with E-state index in [4.69, 9.17) is 0 Å². The highest BCUT2D eigenvalue weighted by Crippen LogP contribution is 2.38. The highest BCUT2D eigenvalue weighted by Gasteiger charge is 2.33. The van der Waals surface area contributed by atoms with Gasteiger partial charge < -0.3 is 0 Å². The standard InChI is InChI=1S/C36H44O3/c1-6-8-31(33(7-2)34(38)17-24(4)37)20-27-21-32-16-15-29(25(5)36(32)35(39)22-27)18-26-11-14-30(19-26)28-12-9-23(3)10-13-28/h9-10,12-16,19,27,31,33H,6-8,11,17-18,20-22H2,1-5H3. The maximum Gasteiger partial charge on any atom is 0.163 e. The van der Waals surface area contributed by atoms with Crippen LogP contribution in [0.2, 0.25) is 0 Å². The number of carbonyl (C=O) groups excluding carboxylic acids is 3. The van der Waals surface area contributed by atoms with Crippen molar-refractivity contribution >= 4 is 22.9 Å². The van der Waals surface area contributed by atoms with Gasteiger partial charge in [-0.2, -0.15) is 0 Å². The third kappa shape index (κ3) is 6.93. The van der Waals surface area contributed by atoms with E-state index in [0.717, 1.165) is 61.6 Å². The van der Waals surface area contributed by atoms with Crippen molar-refractivity contribution in [2.45, 2.75) is 92.4 Å². The Labute approximate surface area is 234 Å². The zero-order valence-electron chi connectivity index (χ0n) is 24.4. The van der Waals surface area contributed by atoms with Crippen LogP contribution < -0.4 is 0 Å². The molecule has 0 spiro atoms. The van der Waals surface area contributed by atoms with E-state index >= 15 is 0 Å². The molecule has 0 aliphatic heterocycles. The Hall–Kier alpha value is -3.07. The van der Waals surface area contributed by atoms with Crippen molar-refractivity contribution < 1.29 is 14.4 Å². The van der Waals surface area contributed by atoms with Crippen LogP contribution in [0.1, 0.15) is 104 Å². The van der Waals surface area contributed by atoms with Crippen LogP contribution >= 0.6 is 0 Å². The molecule has 3 unspecified atom stereocenters. The highest BCUT2D eigenvalue weighted by molar-refractivity contribution is 6.00. The predicted molar refractivity (Wildman–Crippen MR) is 160 cm³/mol. The summed E-state index contributed by atoms with van der Waals surface area (Å²) in [7, 11) is 0. The van der Waals surface area contributed by atoms with Gasteiger partial charge in [0.2, 0.25) is 0 Å². The molecule has 0 fully saturated rings. The van der Waals surface area contributed by atoms with Crippen molar-refractivity contribution in [1.29, 1.82) is 0 Å². The molecule has 0 saturated carbocycles. The Morgan fingerprint density at radius 2 is 1.74 bits per heavy atom. The molecular weight excluding hydrogens is 480 g/mol. The summed E-state index contributed by atoms with van der Waals surface area (Å²) in [6.45, 7) is 9.93. The van der Waals surface area contributed by atoms with Gasteiger partial charge in [-0.1, -0.05) is 86.4 Å². The lowest BCUT2D eigenvalue weighted by atomic mass is 9.71. The molecule has 0 saturated heterocycles. The van der Waals surface area contributed by atoms with Crippen molar-refractivity contribution in [2.24, 2.45) is 17.8 Å². The lowest BCUT2D eigenvalue weighted by molar-refractivity contribution is -0.129. The van der Waals surface area contributed by atoms with Gasteiger partial charge in [-0.05, 0) is 92.5 Å². The first-order valence-corrected chi connectivity index (χ1v) is 14.8. The van der Waals surface area contributed by atoms with Crippen LogP contribution in [-0.2, 0) is 22.4 Å². The minimum Gasteiger partial charge on any atom is -0.300 e. The number of Topliss-reactive ketones (excluding diaryl/α,β-unsaturated/α-hetero) is 3. The molecule has 3 heteroatoms. The van der Waals surface area contributed by atoms with Crippen molar-refractivity contribution in [1.82, 2.24) is 0 Å². The quantitative estimate of drug-likeness (QED) is 0.262. The van der Waals surface area contributed by atoms with Crippen molar-refractivity contribution in [2.75, 3.05) is 0 Å². The number of fused-ring (bicyclic) bond motifs is 1. The molecule has 2 aliphatic carbocycles. The molecular formula is C36H44O3. The van der Waals surface area contributed by atoms with Crippen molar-refractivity contribution in [3.63, 3.8) is 0 Å². The van der Waals surface area contributed by atoms with Gasteiger partial charge in [-0.25, -0.2) is 0 Å². The molecule has 39 heavy (non-hydrogen) atoms. The topological polar surface area (TPSA) is 51.2 Å². The van der Waals surface area contributed by atoms with Crippen LogP contribution in [0.3, 0.4) is 0 Å². The van der Waals surface area contributed by atoms with E-state index in [1.54, 1.807) is 0 Å². The summed E-state index contributed by atoms with van der Waals surface area (Å²) in [5.74, 6) is 0.663. The monoisotopic (exact) mass is 524 g/mol. The number of aryl methyl sites for hydroxylation is 1. The zero-order valence-corrected chi connectivity index (χ0v) is 24.4. The van der Waals surface area contributed by atoms with Gasteiger partial charge in [0.25, 0.3) is 0 Å². The molecule has 0 aromatic heterocycles. The summed E-state index contributed by atoms with van der Waals surface area (Å²) in [6.07, 6.45) is 11.5. The minimum atomic E-state index is -0.0902. The van der Waals surface area contributed by atoms with Crippen LogP contribution in [0.15, 0.2) is 54.1 Å². The van der Waals surface area contributed by atoms with Gasteiger partial charge in [0, 0.05) is 17.9 Å². The molecule has 3 atom stereocenters. The maximum atomic E-state index is 13.5. The molecule has 0 radical (unpaired) electrons. The van der Waals surface area contributed by atoms with E-state index in [-0.39, 0.29) is 41.5 Å². The zero-order chi connectivity index (χ0) is 28.1. The number of ketones is 3. The number of allylic oxidation sites excluding steroid dienone is 4. The fraction of sp³-hybridized carbons (Fsp3) is 0.472. The highest BCUT2D eigenvalue weighted by atomic mass is 16.1. The van der Waals surface area contributed by atoms with Gasteiger partial charge in [0.1, 0.15) is 11.6 Å². The number of hydrogen-bond donors (Lipinski definition) is 0. The Bertz CT molecular complexity index is 1290. The fourth-order valence-electron chi connectivity index (χ4n) is 6.85. The van der Waals surface area contributed by atoms with Crippen LogP contribution in [0, 0.1) is 31.6 Å². The Morgan fingerprint density at radius 1 is 1.00 bits per heavy atom. The summed E-state index contributed by atoms with van der Waals surface area (Å²) in [6, 6.07) is 13.1. The van der Waals surface area contributed by atoms with Crippen LogP contribution in [-0.4, -0.2) is 17.3 Å².